The summed E-state index contributed by atoms with van der Waals surface area (Å²) in [4.78, 5) is 0. The van der Waals surface area contributed by atoms with Crippen LogP contribution in [0, 0.1) is 17.2 Å². The Balaban J connectivity index is 2.06. The van der Waals surface area contributed by atoms with Crippen LogP contribution in [0.25, 0.3) is 0 Å². The van der Waals surface area contributed by atoms with Crippen LogP contribution in [0.4, 0.5) is 0 Å². The van der Waals surface area contributed by atoms with Crippen molar-refractivity contribution in [2.75, 3.05) is 19.8 Å². The third kappa shape index (κ3) is 1.77. The molecule has 2 aliphatic rings. The van der Waals surface area contributed by atoms with Crippen LogP contribution in [0.5, 0.6) is 0 Å². The summed E-state index contributed by atoms with van der Waals surface area (Å²) in [6, 6.07) is 2.52. The molecule has 3 nitrogen and oxygen atoms in total. The zero-order valence-electron chi connectivity index (χ0n) is 8.59. The third-order valence-corrected chi connectivity index (χ3v) is 3.56. The Morgan fingerprint density at radius 1 is 1.29 bits per heavy atom. The summed E-state index contributed by atoms with van der Waals surface area (Å²) in [5.74, 6) is 0.501. The predicted molar refractivity (Wildman–Crippen MR) is 53.7 cm³/mol. The van der Waals surface area contributed by atoms with Crippen molar-refractivity contribution < 1.29 is 4.74 Å². The molecule has 0 radical (unpaired) electrons. The molecule has 14 heavy (non-hydrogen) atoms. The quantitative estimate of drug-likeness (QED) is 0.687. The van der Waals surface area contributed by atoms with Crippen molar-refractivity contribution in [3.63, 3.8) is 0 Å². The van der Waals surface area contributed by atoms with Crippen LogP contribution in [-0.2, 0) is 4.74 Å². The SMILES string of the molecule is N#CC1(C2CCOCC2)CCCCN1. The second kappa shape index (κ2) is 4.29. The molecule has 2 rings (SSSR count). The number of ether oxygens (including phenoxy) is 1. The van der Waals surface area contributed by atoms with Gasteiger partial charge in [0.05, 0.1) is 6.07 Å². The Kier molecular flexibility index (Phi) is 3.05. The minimum absolute atomic E-state index is 0.234. The van der Waals surface area contributed by atoms with Gasteiger partial charge in [-0.1, -0.05) is 0 Å². The predicted octanol–water partition coefficient (Wildman–Crippen LogP) is 1.45. The van der Waals surface area contributed by atoms with Crippen LogP contribution >= 0.6 is 0 Å². The molecule has 0 amide bonds. The first-order valence-corrected chi connectivity index (χ1v) is 5.61. The van der Waals surface area contributed by atoms with Crippen molar-refractivity contribution in [2.45, 2.75) is 37.6 Å². The first-order chi connectivity index (χ1) is 6.87. The highest BCUT2D eigenvalue weighted by Gasteiger charge is 2.40. The molecule has 0 aromatic carbocycles. The monoisotopic (exact) mass is 194 g/mol. The lowest BCUT2D eigenvalue weighted by atomic mass is 9.75. The Bertz CT molecular complexity index is 222. The van der Waals surface area contributed by atoms with Crippen molar-refractivity contribution in [2.24, 2.45) is 5.92 Å². The number of nitriles is 1. The van der Waals surface area contributed by atoms with Crippen LogP contribution in [0.15, 0.2) is 0 Å². The van der Waals surface area contributed by atoms with Crippen molar-refractivity contribution in [1.29, 1.82) is 5.26 Å². The number of rotatable bonds is 1. The smallest absolute Gasteiger partial charge is 0.109 e. The Labute approximate surface area is 85.4 Å². The Morgan fingerprint density at radius 3 is 2.64 bits per heavy atom. The zero-order valence-corrected chi connectivity index (χ0v) is 8.59. The highest BCUT2D eigenvalue weighted by Crippen LogP contribution is 2.33. The second-order valence-electron chi connectivity index (χ2n) is 4.35. The van der Waals surface area contributed by atoms with E-state index in [9.17, 15) is 5.26 Å². The molecular weight excluding hydrogens is 176 g/mol. The standard InChI is InChI=1S/C11H18N2O/c12-9-11(5-1-2-6-13-11)10-3-7-14-8-4-10/h10,13H,1-8H2. The van der Waals surface area contributed by atoms with E-state index in [4.69, 9.17) is 4.74 Å². The van der Waals surface area contributed by atoms with Crippen LogP contribution in [0.3, 0.4) is 0 Å². The molecule has 1 atom stereocenters. The van der Waals surface area contributed by atoms with Gasteiger partial charge in [-0.3, -0.25) is 5.32 Å². The van der Waals surface area contributed by atoms with Gasteiger partial charge in [0.25, 0.3) is 0 Å². The van der Waals surface area contributed by atoms with E-state index in [1.54, 1.807) is 0 Å². The fraction of sp³-hybridized carbons (Fsp3) is 0.909. The molecule has 3 heteroatoms. The van der Waals surface area contributed by atoms with Gasteiger partial charge in [-0.15, -0.1) is 0 Å². The molecule has 0 aromatic rings. The average Bonchev–Trinajstić information content (AvgIpc) is 2.31. The van der Waals surface area contributed by atoms with E-state index in [0.29, 0.717) is 5.92 Å². The fourth-order valence-corrected chi connectivity index (χ4v) is 2.65. The Hall–Kier alpha value is -0.590. The summed E-state index contributed by atoms with van der Waals surface area (Å²) < 4.78 is 5.34. The summed E-state index contributed by atoms with van der Waals surface area (Å²) in [5, 5.41) is 12.8. The highest BCUT2D eigenvalue weighted by atomic mass is 16.5. The van der Waals surface area contributed by atoms with E-state index in [-0.39, 0.29) is 5.54 Å². The van der Waals surface area contributed by atoms with Gasteiger partial charge in [-0.05, 0) is 44.6 Å². The number of hydrogen-bond acceptors (Lipinski definition) is 3. The van der Waals surface area contributed by atoms with Crippen molar-refractivity contribution in [3.05, 3.63) is 0 Å². The van der Waals surface area contributed by atoms with Gasteiger partial charge in [-0.2, -0.15) is 5.26 Å². The molecular formula is C11H18N2O. The van der Waals surface area contributed by atoms with E-state index in [0.717, 1.165) is 39.0 Å². The van der Waals surface area contributed by atoms with Crippen LogP contribution in [0.2, 0.25) is 0 Å². The summed E-state index contributed by atoms with van der Waals surface area (Å²) in [5.41, 5.74) is -0.234. The van der Waals surface area contributed by atoms with Crippen LogP contribution in [0.1, 0.15) is 32.1 Å². The van der Waals surface area contributed by atoms with Gasteiger partial charge in [-0.25, -0.2) is 0 Å². The molecule has 2 heterocycles. The second-order valence-corrected chi connectivity index (χ2v) is 4.35. The zero-order chi connectivity index (χ0) is 9.86. The van der Waals surface area contributed by atoms with E-state index < -0.39 is 0 Å². The molecule has 0 aliphatic carbocycles. The van der Waals surface area contributed by atoms with Crippen LogP contribution < -0.4 is 5.32 Å². The molecule has 1 N–H and O–H groups in total. The number of hydrogen-bond donors (Lipinski definition) is 1. The molecule has 2 fully saturated rings. The number of piperidine rings is 1. The van der Waals surface area contributed by atoms with Crippen molar-refractivity contribution in [3.8, 4) is 6.07 Å². The van der Waals surface area contributed by atoms with Crippen molar-refractivity contribution >= 4 is 0 Å². The average molecular weight is 194 g/mol. The van der Waals surface area contributed by atoms with Gasteiger partial charge in [0.1, 0.15) is 5.54 Å². The van der Waals surface area contributed by atoms with Gasteiger partial charge < -0.3 is 4.74 Å². The minimum Gasteiger partial charge on any atom is -0.381 e. The molecule has 2 aliphatic heterocycles. The van der Waals surface area contributed by atoms with E-state index in [1.165, 1.54) is 12.8 Å². The summed E-state index contributed by atoms with van der Waals surface area (Å²) in [6.45, 7) is 2.66. The summed E-state index contributed by atoms with van der Waals surface area (Å²) in [7, 11) is 0. The van der Waals surface area contributed by atoms with Crippen LogP contribution in [-0.4, -0.2) is 25.3 Å². The number of nitrogens with zero attached hydrogens (tertiary/aromatic N) is 1. The van der Waals surface area contributed by atoms with E-state index in [1.807, 2.05) is 0 Å². The first-order valence-electron chi connectivity index (χ1n) is 5.61. The molecule has 0 spiro atoms. The van der Waals surface area contributed by atoms with E-state index >= 15 is 0 Å². The summed E-state index contributed by atoms with van der Waals surface area (Å²) >= 11 is 0. The maximum absolute atomic E-state index is 9.34. The molecule has 2 saturated heterocycles. The fourth-order valence-electron chi connectivity index (χ4n) is 2.65. The maximum Gasteiger partial charge on any atom is 0.109 e. The maximum atomic E-state index is 9.34. The lowest BCUT2D eigenvalue weighted by Gasteiger charge is -2.40. The lowest BCUT2D eigenvalue weighted by molar-refractivity contribution is 0.0353. The topological polar surface area (TPSA) is 45.0 Å². The molecule has 0 bridgehead atoms. The van der Waals surface area contributed by atoms with Gasteiger partial charge in [0, 0.05) is 13.2 Å². The first kappa shape index (κ1) is 9.95. The molecule has 78 valence electrons. The highest BCUT2D eigenvalue weighted by molar-refractivity contribution is 5.12. The van der Waals surface area contributed by atoms with Gasteiger partial charge in [0.2, 0.25) is 0 Å². The van der Waals surface area contributed by atoms with E-state index in [2.05, 4.69) is 11.4 Å². The largest absolute Gasteiger partial charge is 0.381 e. The lowest BCUT2D eigenvalue weighted by Crippen LogP contribution is -2.54. The molecule has 0 aromatic heterocycles. The molecule has 0 saturated carbocycles. The normalized spacial score (nSPS) is 35.1. The Morgan fingerprint density at radius 2 is 2.07 bits per heavy atom. The third-order valence-electron chi connectivity index (χ3n) is 3.56. The van der Waals surface area contributed by atoms with Gasteiger partial charge >= 0.3 is 0 Å². The number of nitrogens with one attached hydrogen (secondary N) is 1. The van der Waals surface area contributed by atoms with Gasteiger partial charge in [0.15, 0.2) is 0 Å². The molecule has 1 unspecified atom stereocenters. The minimum atomic E-state index is -0.234. The van der Waals surface area contributed by atoms with Crippen molar-refractivity contribution in [1.82, 2.24) is 5.32 Å². The summed E-state index contributed by atoms with van der Waals surface area (Å²) in [6.07, 6.45) is 5.51.